The van der Waals surface area contributed by atoms with Gasteiger partial charge in [-0.25, -0.2) is 13.6 Å². The molecule has 182 valence electrons. The Bertz CT molecular complexity index is 1450. The number of piperazine rings is 1. The van der Waals surface area contributed by atoms with Crippen molar-refractivity contribution in [2.24, 2.45) is 0 Å². The van der Waals surface area contributed by atoms with Gasteiger partial charge in [0.25, 0.3) is 5.91 Å². The maximum absolute atomic E-state index is 13.5. The monoisotopic (exact) mass is 554 g/mol. The Hall–Kier alpha value is -2.30. The highest BCUT2D eigenvalue weighted by Crippen LogP contribution is 2.37. The summed E-state index contributed by atoms with van der Waals surface area (Å²) in [5.74, 6) is -1.47. The van der Waals surface area contributed by atoms with Crippen molar-refractivity contribution in [2.75, 3.05) is 39.3 Å². The molecule has 1 fully saturated rings. The van der Waals surface area contributed by atoms with Crippen LogP contribution in [0.25, 0.3) is 20.2 Å². The van der Waals surface area contributed by atoms with Crippen molar-refractivity contribution < 1.29 is 23.1 Å². The van der Waals surface area contributed by atoms with Crippen LogP contribution in [0.5, 0.6) is 0 Å². The zero-order chi connectivity index (χ0) is 24.7. The SMILES string of the molecule is O=C(OCCN1CCN(C(=O)c2sc3cc(F)ccc3c2Cl)CC1)c1sc2cc(F)ccc2c1Cl. The molecule has 11 heteroatoms. The van der Waals surface area contributed by atoms with Gasteiger partial charge in [-0.1, -0.05) is 23.2 Å². The van der Waals surface area contributed by atoms with Gasteiger partial charge >= 0.3 is 5.97 Å². The molecule has 0 bridgehead atoms. The van der Waals surface area contributed by atoms with E-state index >= 15 is 0 Å². The first-order valence-electron chi connectivity index (χ1n) is 10.8. The second kappa shape index (κ2) is 9.99. The molecule has 1 aliphatic rings. The molecule has 5 nitrogen and oxygen atoms in total. The van der Waals surface area contributed by atoms with Crippen LogP contribution in [-0.2, 0) is 4.74 Å². The van der Waals surface area contributed by atoms with Gasteiger partial charge in [0.15, 0.2) is 0 Å². The minimum Gasteiger partial charge on any atom is -0.460 e. The second-order valence-corrected chi connectivity index (χ2v) is 10.9. The number of carbonyl (C=O) groups is 2. The normalized spacial score (nSPS) is 14.7. The van der Waals surface area contributed by atoms with Crippen LogP contribution in [0.3, 0.4) is 0 Å². The molecular weight excluding hydrogens is 537 g/mol. The van der Waals surface area contributed by atoms with E-state index in [2.05, 4.69) is 4.90 Å². The van der Waals surface area contributed by atoms with Crippen LogP contribution in [0.2, 0.25) is 10.0 Å². The van der Waals surface area contributed by atoms with E-state index in [9.17, 15) is 18.4 Å². The molecule has 0 saturated carbocycles. The zero-order valence-electron chi connectivity index (χ0n) is 18.2. The molecule has 2 aromatic carbocycles. The summed E-state index contributed by atoms with van der Waals surface area (Å²) in [4.78, 5) is 30.0. The summed E-state index contributed by atoms with van der Waals surface area (Å²) in [6.07, 6.45) is 0. The van der Waals surface area contributed by atoms with Crippen LogP contribution in [0.15, 0.2) is 36.4 Å². The minimum atomic E-state index is -0.540. The number of ether oxygens (including phenoxy) is 1. The Morgan fingerprint density at radius 2 is 1.40 bits per heavy atom. The minimum absolute atomic E-state index is 0.166. The lowest BCUT2D eigenvalue weighted by molar-refractivity contribution is 0.0417. The first-order valence-corrected chi connectivity index (χ1v) is 13.1. The predicted molar refractivity (Wildman–Crippen MR) is 136 cm³/mol. The Kier molecular flexibility index (Phi) is 6.96. The third-order valence-electron chi connectivity index (χ3n) is 5.86. The van der Waals surface area contributed by atoms with Crippen molar-refractivity contribution in [3.8, 4) is 0 Å². The van der Waals surface area contributed by atoms with E-state index in [1.54, 1.807) is 17.0 Å². The van der Waals surface area contributed by atoms with Crippen molar-refractivity contribution >= 4 is 77.9 Å². The molecule has 0 unspecified atom stereocenters. The van der Waals surface area contributed by atoms with Crippen molar-refractivity contribution in [3.05, 3.63) is 67.8 Å². The van der Waals surface area contributed by atoms with Crippen LogP contribution in [0, 0.1) is 11.6 Å². The first-order chi connectivity index (χ1) is 16.8. The average molecular weight is 555 g/mol. The van der Waals surface area contributed by atoms with Crippen molar-refractivity contribution in [1.29, 1.82) is 0 Å². The van der Waals surface area contributed by atoms with Gasteiger partial charge in [0, 0.05) is 52.9 Å². The van der Waals surface area contributed by atoms with Crippen LogP contribution >= 0.6 is 45.9 Å². The summed E-state index contributed by atoms with van der Waals surface area (Å²) in [6, 6.07) is 8.49. The lowest BCUT2D eigenvalue weighted by Crippen LogP contribution is -2.49. The molecule has 1 aliphatic heterocycles. The van der Waals surface area contributed by atoms with E-state index in [1.807, 2.05) is 0 Å². The molecule has 0 aliphatic carbocycles. The lowest BCUT2D eigenvalue weighted by Gasteiger charge is -2.34. The maximum Gasteiger partial charge on any atom is 0.349 e. The summed E-state index contributed by atoms with van der Waals surface area (Å²) in [7, 11) is 0. The summed E-state index contributed by atoms with van der Waals surface area (Å²) < 4.78 is 33.6. The van der Waals surface area contributed by atoms with E-state index in [0.29, 0.717) is 62.8 Å². The summed E-state index contributed by atoms with van der Waals surface area (Å²) in [5, 5.41) is 1.91. The van der Waals surface area contributed by atoms with E-state index < -0.39 is 11.8 Å². The lowest BCUT2D eigenvalue weighted by atomic mass is 10.2. The van der Waals surface area contributed by atoms with Gasteiger partial charge in [0.05, 0.1) is 10.0 Å². The topological polar surface area (TPSA) is 49.9 Å². The average Bonchev–Trinajstić information content (AvgIpc) is 3.34. The number of esters is 1. The number of hydrogen-bond acceptors (Lipinski definition) is 6. The number of thiophene rings is 2. The second-order valence-electron chi connectivity index (χ2n) is 8.04. The Morgan fingerprint density at radius 3 is 2.00 bits per heavy atom. The molecule has 1 saturated heterocycles. The molecule has 1 amide bonds. The third-order valence-corrected chi connectivity index (χ3v) is 9.15. The van der Waals surface area contributed by atoms with E-state index in [1.165, 1.54) is 35.6 Å². The molecule has 2 aromatic heterocycles. The predicted octanol–water partition coefficient (Wildman–Crippen LogP) is 6.32. The maximum atomic E-state index is 13.5. The molecule has 0 N–H and O–H groups in total. The number of amides is 1. The number of benzene rings is 2. The fraction of sp³-hybridized carbons (Fsp3) is 0.250. The number of nitrogens with zero attached hydrogens (tertiary/aromatic N) is 2. The van der Waals surface area contributed by atoms with Crippen LogP contribution in [0.1, 0.15) is 19.3 Å². The smallest absolute Gasteiger partial charge is 0.349 e. The van der Waals surface area contributed by atoms with Crippen LogP contribution < -0.4 is 0 Å². The van der Waals surface area contributed by atoms with Gasteiger partial charge in [-0.15, -0.1) is 22.7 Å². The zero-order valence-corrected chi connectivity index (χ0v) is 21.3. The molecule has 3 heterocycles. The van der Waals surface area contributed by atoms with Gasteiger partial charge in [-0.3, -0.25) is 9.69 Å². The van der Waals surface area contributed by atoms with E-state index in [4.69, 9.17) is 27.9 Å². The molecule has 0 atom stereocenters. The van der Waals surface area contributed by atoms with Gasteiger partial charge in [0.1, 0.15) is 28.0 Å². The van der Waals surface area contributed by atoms with Gasteiger partial charge < -0.3 is 9.64 Å². The van der Waals surface area contributed by atoms with Crippen LogP contribution in [0.4, 0.5) is 8.78 Å². The molecule has 35 heavy (non-hydrogen) atoms. The summed E-state index contributed by atoms with van der Waals surface area (Å²) >= 11 is 15.0. The van der Waals surface area contributed by atoms with Gasteiger partial charge in [0.2, 0.25) is 0 Å². The summed E-state index contributed by atoms with van der Waals surface area (Å²) in [5.41, 5.74) is 0. The van der Waals surface area contributed by atoms with Gasteiger partial charge in [-0.2, -0.15) is 0 Å². The number of fused-ring (bicyclic) bond motifs is 2. The molecule has 4 aromatic rings. The largest absolute Gasteiger partial charge is 0.460 e. The third kappa shape index (κ3) is 4.88. The molecule has 0 spiro atoms. The quantitative estimate of drug-likeness (QED) is 0.271. The molecule has 5 rings (SSSR count). The van der Waals surface area contributed by atoms with Crippen molar-refractivity contribution in [2.45, 2.75) is 0 Å². The number of rotatable bonds is 5. The summed E-state index contributed by atoms with van der Waals surface area (Å²) in [6.45, 7) is 2.90. The number of carbonyl (C=O) groups excluding carboxylic acids is 2. The Labute approximate surface area is 217 Å². The number of halogens is 4. The highest BCUT2D eigenvalue weighted by molar-refractivity contribution is 7.22. The fourth-order valence-electron chi connectivity index (χ4n) is 4.00. The fourth-order valence-corrected chi connectivity index (χ4v) is 6.93. The Morgan fingerprint density at radius 1 is 0.857 bits per heavy atom. The molecular formula is C24H18Cl2F2N2O3S2. The highest BCUT2D eigenvalue weighted by Gasteiger charge is 2.26. The van der Waals surface area contributed by atoms with E-state index in [-0.39, 0.29) is 28.2 Å². The van der Waals surface area contributed by atoms with E-state index in [0.717, 1.165) is 11.3 Å². The van der Waals surface area contributed by atoms with Crippen molar-refractivity contribution in [1.82, 2.24) is 9.80 Å². The van der Waals surface area contributed by atoms with Gasteiger partial charge in [-0.05, 0) is 36.4 Å². The molecule has 0 radical (unpaired) electrons. The highest BCUT2D eigenvalue weighted by atomic mass is 35.5. The van der Waals surface area contributed by atoms with Crippen molar-refractivity contribution in [3.63, 3.8) is 0 Å². The van der Waals surface area contributed by atoms with Crippen LogP contribution in [-0.4, -0.2) is 61.0 Å². The first kappa shape index (κ1) is 24.4. The standard InChI is InChI=1S/C24H18Cl2F2N2O3S2/c25-19-15-3-1-13(27)11-17(15)34-21(19)23(31)30-7-5-29(6-8-30)9-10-33-24(32)22-20(26)16-4-2-14(28)12-18(16)35-22/h1-4,11-12H,5-10H2. The Balaban J connectivity index is 1.14. The number of hydrogen-bond donors (Lipinski definition) is 0.